The van der Waals surface area contributed by atoms with Gasteiger partial charge in [0.15, 0.2) is 0 Å². The summed E-state index contributed by atoms with van der Waals surface area (Å²) in [4.78, 5) is 11.9. The molecule has 2 amide bonds. The lowest BCUT2D eigenvalue weighted by molar-refractivity contribution is 0.233. The van der Waals surface area contributed by atoms with Gasteiger partial charge in [-0.1, -0.05) is 20.8 Å². The first-order valence-corrected chi connectivity index (χ1v) is 7.05. The molecule has 0 fully saturated rings. The molecule has 1 atom stereocenters. The van der Waals surface area contributed by atoms with E-state index in [1.54, 1.807) is 0 Å². The maximum absolute atomic E-state index is 11.9. The molecule has 20 heavy (non-hydrogen) atoms. The Morgan fingerprint density at radius 3 is 2.50 bits per heavy atom. The minimum absolute atomic E-state index is 0.0338. The third-order valence-corrected chi connectivity index (χ3v) is 3.38. The minimum atomic E-state index is -0.184. The number of aryl methyl sites for hydroxylation is 1. The van der Waals surface area contributed by atoms with Crippen LogP contribution in [-0.4, -0.2) is 18.7 Å². The smallest absolute Gasteiger partial charge is 0.319 e. The topological polar surface area (TPSA) is 50.4 Å². The molecule has 0 aliphatic rings. The van der Waals surface area contributed by atoms with Gasteiger partial charge in [0.25, 0.3) is 0 Å². The molecule has 0 spiro atoms. The average molecular weight is 278 g/mol. The van der Waals surface area contributed by atoms with E-state index in [0.717, 1.165) is 17.0 Å². The van der Waals surface area contributed by atoms with E-state index in [1.165, 1.54) is 0 Å². The quantitative estimate of drug-likeness (QED) is 0.876. The number of carbonyl (C=O) groups excluding carboxylic acids is 1. The number of nitrogens with one attached hydrogen (secondary N) is 2. The van der Waals surface area contributed by atoms with Crippen molar-refractivity contribution in [1.82, 2.24) is 5.32 Å². The second kappa shape index (κ2) is 6.64. The maximum atomic E-state index is 11.9. The zero-order valence-corrected chi connectivity index (χ0v) is 13.3. The molecule has 0 aromatic heterocycles. The number of ether oxygens (including phenoxy) is 1. The Balaban J connectivity index is 2.65. The van der Waals surface area contributed by atoms with Crippen LogP contribution in [-0.2, 0) is 0 Å². The third-order valence-electron chi connectivity index (χ3n) is 3.38. The van der Waals surface area contributed by atoms with Gasteiger partial charge < -0.3 is 15.4 Å². The summed E-state index contributed by atoms with van der Waals surface area (Å²) >= 11 is 0. The molecular weight excluding hydrogens is 252 g/mol. The molecule has 0 saturated carbocycles. The molecule has 2 N–H and O–H groups in total. The predicted octanol–water partition coefficient (Wildman–Crippen LogP) is 3.95. The predicted molar refractivity (Wildman–Crippen MR) is 83.4 cm³/mol. The summed E-state index contributed by atoms with van der Waals surface area (Å²) in [6.45, 7) is 12.8. The second-order valence-electron chi connectivity index (χ2n) is 6.10. The number of anilines is 1. The molecule has 1 aromatic rings. The van der Waals surface area contributed by atoms with E-state index in [-0.39, 0.29) is 17.5 Å². The molecule has 4 heteroatoms. The standard InChI is InChI=1S/C16H26N2O2/c1-7-20-14-9-8-13(10-11(14)2)18-15(19)17-12(3)16(4,5)6/h8-10,12H,7H2,1-6H3,(H2,17,18,19). The number of hydrogen-bond acceptors (Lipinski definition) is 2. The third kappa shape index (κ3) is 4.76. The molecule has 112 valence electrons. The Bertz CT molecular complexity index is 464. The fourth-order valence-electron chi connectivity index (χ4n) is 1.62. The number of benzene rings is 1. The summed E-state index contributed by atoms with van der Waals surface area (Å²) in [5.74, 6) is 0.849. The summed E-state index contributed by atoms with van der Waals surface area (Å²) < 4.78 is 5.48. The number of carbonyl (C=O) groups is 1. The number of hydrogen-bond donors (Lipinski definition) is 2. The van der Waals surface area contributed by atoms with Crippen LogP contribution in [0, 0.1) is 12.3 Å². The first-order valence-electron chi connectivity index (χ1n) is 7.05. The lowest BCUT2D eigenvalue weighted by Crippen LogP contribution is -2.43. The largest absolute Gasteiger partial charge is 0.494 e. The van der Waals surface area contributed by atoms with Gasteiger partial charge in [-0.2, -0.15) is 0 Å². The average Bonchev–Trinajstić information content (AvgIpc) is 2.31. The molecule has 0 saturated heterocycles. The Hall–Kier alpha value is -1.71. The zero-order valence-electron chi connectivity index (χ0n) is 13.3. The van der Waals surface area contributed by atoms with Gasteiger partial charge in [-0.15, -0.1) is 0 Å². The molecule has 1 unspecified atom stereocenters. The molecule has 0 aliphatic carbocycles. The Morgan fingerprint density at radius 2 is 2.00 bits per heavy atom. The summed E-state index contributed by atoms with van der Waals surface area (Å²) in [6, 6.07) is 5.54. The van der Waals surface area contributed by atoms with Crippen molar-refractivity contribution in [2.45, 2.75) is 47.6 Å². The fraction of sp³-hybridized carbons (Fsp3) is 0.562. The minimum Gasteiger partial charge on any atom is -0.494 e. The first-order chi connectivity index (χ1) is 9.24. The highest BCUT2D eigenvalue weighted by molar-refractivity contribution is 5.89. The fourth-order valence-corrected chi connectivity index (χ4v) is 1.62. The van der Waals surface area contributed by atoms with Crippen molar-refractivity contribution in [2.24, 2.45) is 5.41 Å². The van der Waals surface area contributed by atoms with Crippen LogP contribution in [0.3, 0.4) is 0 Å². The lowest BCUT2D eigenvalue weighted by Gasteiger charge is -2.28. The van der Waals surface area contributed by atoms with Crippen molar-refractivity contribution in [2.75, 3.05) is 11.9 Å². The number of amides is 2. The van der Waals surface area contributed by atoms with E-state index < -0.39 is 0 Å². The highest BCUT2D eigenvalue weighted by Crippen LogP contribution is 2.22. The van der Waals surface area contributed by atoms with Crippen LogP contribution in [0.2, 0.25) is 0 Å². The van der Waals surface area contributed by atoms with Crippen LogP contribution in [0.4, 0.5) is 10.5 Å². The highest BCUT2D eigenvalue weighted by Gasteiger charge is 2.21. The first kappa shape index (κ1) is 16.3. The van der Waals surface area contributed by atoms with Crippen molar-refractivity contribution in [3.05, 3.63) is 23.8 Å². The van der Waals surface area contributed by atoms with Crippen molar-refractivity contribution >= 4 is 11.7 Å². The summed E-state index contributed by atoms with van der Waals surface area (Å²) in [5, 5.41) is 5.80. The normalized spacial score (nSPS) is 12.7. The summed E-state index contributed by atoms with van der Waals surface area (Å²) in [5.41, 5.74) is 1.81. The van der Waals surface area contributed by atoms with Crippen LogP contribution in [0.5, 0.6) is 5.75 Å². The van der Waals surface area contributed by atoms with Crippen LogP contribution in [0.1, 0.15) is 40.2 Å². The molecule has 0 heterocycles. The molecule has 4 nitrogen and oxygen atoms in total. The SMILES string of the molecule is CCOc1ccc(NC(=O)NC(C)C(C)(C)C)cc1C. The monoisotopic (exact) mass is 278 g/mol. The number of rotatable bonds is 4. The second-order valence-corrected chi connectivity index (χ2v) is 6.10. The van der Waals surface area contributed by atoms with Crippen LogP contribution < -0.4 is 15.4 Å². The van der Waals surface area contributed by atoms with Gasteiger partial charge in [-0.3, -0.25) is 0 Å². The lowest BCUT2D eigenvalue weighted by atomic mass is 9.88. The van der Waals surface area contributed by atoms with Crippen molar-refractivity contribution in [3.63, 3.8) is 0 Å². The van der Waals surface area contributed by atoms with Gasteiger partial charge in [-0.25, -0.2) is 4.79 Å². The van der Waals surface area contributed by atoms with Crippen LogP contribution in [0.15, 0.2) is 18.2 Å². The highest BCUT2D eigenvalue weighted by atomic mass is 16.5. The van der Waals surface area contributed by atoms with E-state index in [2.05, 4.69) is 31.4 Å². The Morgan fingerprint density at radius 1 is 1.35 bits per heavy atom. The van der Waals surface area contributed by atoms with E-state index in [9.17, 15) is 4.79 Å². The van der Waals surface area contributed by atoms with Gasteiger partial charge in [0.2, 0.25) is 0 Å². The van der Waals surface area contributed by atoms with Gasteiger partial charge >= 0.3 is 6.03 Å². The van der Waals surface area contributed by atoms with Crippen LogP contribution in [0.25, 0.3) is 0 Å². The summed E-state index contributed by atoms with van der Waals surface area (Å²) in [7, 11) is 0. The molecule has 0 bridgehead atoms. The number of urea groups is 1. The molecule has 1 aromatic carbocycles. The van der Waals surface area contributed by atoms with Crippen molar-refractivity contribution in [1.29, 1.82) is 0 Å². The summed E-state index contributed by atoms with van der Waals surface area (Å²) in [6.07, 6.45) is 0. The van der Waals surface area contributed by atoms with E-state index in [0.29, 0.717) is 6.61 Å². The van der Waals surface area contributed by atoms with Crippen molar-refractivity contribution in [3.8, 4) is 5.75 Å². The van der Waals surface area contributed by atoms with Gasteiger partial charge in [-0.05, 0) is 49.9 Å². The van der Waals surface area contributed by atoms with E-state index >= 15 is 0 Å². The van der Waals surface area contributed by atoms with Crippen molar-refractivity contribution < 1.29 is 9.53 Å². The van der Waals surface area contributed by atoms with Gasteiger partial charge in [0.05, 0.1) is 6.61 Å². The molecule has 1 rings (SSSR count). The molecular formula is C16H26N2O2. The Kier molecular flexibility index (Phi) is 5.43. The Labute approximate surface area is 121 Å². The van der Waals surface area contributed by atoms with E-state index in [4.69, 9.17) is 4.74 Å². The van der Waals surface area contributed by atoms with Gasteiger partial charge in [0, 0.05) is 11.7 Å². The van der Waals surface area contributed by atoms with Crippen LogP contribution >= 0.6 is 0 Å². The molecule has 0 radical (unpaired) electrons. The zero-order chi connectivity index (χ0) is 15.3. The maximum Gasteiger partial charge on any atom is 0.319 e. The molecule has 0 aliphatic heterocycles. The van der Waals surface area contributed by atoms with Gasteiger partial charge in [0.1, 0.15) is 5.75 Å². The van der Waals surface area contributed by atoms with E-state index in [1.807, 2.05) is 39.0 Å².